The summed E-state index contributed by atoms with van der Waals surface area (Å²) in [7, 11) is -7.31. The lowest BCUT2D eigenvalue weighted by molar-refractivity contribution is 0.115. The largest absolute Gasteiger partial charge is 0.415 e. The van der Waals surface area contributed by atoms with Gasteiger partial charge in [0.1, 0.15) is 0 Å². The van der Waals surface area contributed by atoms with Crippen LogP contribution >= 0.6 is 0 Å². The molecule has 0 amide bonds. The third-order valence-corrected chi connectivity index (χ3v) is 18.5. The van der Waals surface area contributed by atoms with E-state index in [1.165, 1.54) is 46.7 Å². The highest BCUT2D eigenvalue weighted by Gasteiger charge is 2.45. The molecular formula is C49H56F4N10O6S2. The second-order valence-electron chi connectivity index (χ2n) is 18.8. The topological polar surface area (TPSA) is 194 Å². The zero-order valence-corrected chi connectivity index (χ0v) is 41.0. The first-order valence-electron chi connectivity index (χ1n) is 23.9. The number of anilines is 2. The van der Waals surface area contributed by atoms with Crippen molar-refractivity contribution in [2.24, 2.45) is 11.8 Å². The number of nitrogens with zero attached hydrogens (tertiary/aromatic N) is 9. The molecule has 1 N–H and O–H groups in total. The summed E-state index contributed by atoms with van der Waals surface area (Å²) in [5, 5.41) is 16.2. The number of sulfonamides is 2. The van der Waals surface area contributed by atoms with Gasteiger partial charge >= 0.3 is 12.9 Å². The molecule has 4 fully saturated rings. The molecule has 71 heavy (non-hydrogen) atoms. The first kappa shape index (κ1) is 50.1. The van der Waals surface area contributed by atoms with Crippen molar-refractivity contribution < 1.29 is 43.2 Å². The average molecular weight is 1020 g/mol. The monoisotopic (exact) mass is 1020 g/mol. The van der Waals surface area contributed by atoms with Crippen molar-refractivity contribution >= 4 is 31.4 Å². The van der Waals surface area contributed by atoms with Crippen molar-refractivity contribution in [1.82, 2.24) is 40.6 Å². The maximum Gasteiger partial charge on any atom is 0.314 e. The second kappa shape index (κ2) is 21.5. The van der Waals surface area contributed by atoms with E-state index in [1.807, 2.05) is 56.3 Å². The lowest BCUT2D eigenvalue weighted by Crippen LogP contribution is -2.49. The van der Waals surface area contributed by atoms with Gasteiger partial charge in [0.05, 0.1) is 57.5 Å². The highest BCUT2D eigenvalue weighted by molar-refractivity contribution is 7.93. The molecule has 4 aromatic heterocycles. The van der Waals surface area contributed by atoms with Crippen LogP contribution in [0.1, 0.15) is 98.5 Å². The van der Waals surface area contributed by atoms with Gasteiger partial charge in [0.2, 0.25) is 31.8 Å². The van der Waals surface area contributed by atoms with Crippen LogP contribution in [0.15, 0.2) is 94.0 Å². The summed E-state index contributed by atoms with van der Waals surface area (Å²) in [5.41, 5.74) is 4.88. The summed E-state index contributed by atoms with van der Waals surface area (Å²) in [5.74, 6) is 0.00507. The summed E-state index contributed by atoms with van der Waals surface area (Å²) < 4.78 is 119. The van der Waals surface area contributed by atoms with Gasteiger partial charge in [-0.25, -0.2) is 16.8 Å². The number of likely N-dealkylation sites (tertiary alicyclic amines) is 1. The summed E-state index contributed by atoms with van der Waals surface area (Å²) in [6, 6.07) is 21.9. The molecule has 2 saturated heterocycles. The van der Waals surface area contributed by atoms with E-state index in [1.54, 1.807) is 30.3 Å². The Morgan fingerprint density at radius 2 is 1.13 bits per heavy atom. The molecular weight excluding hydrogens is 965 g/mol. The van der Waals surface area contributed by atoms with E-state index in [-0.39, 0.29) is 24.9 Å². The van der Waals surface area contributed by atoms with E-state index in [4.69, 9.17) is 8.83 Å². The number of piperidine rings is 2. The van der Waals surface area contributed by atoms with Crippen LogP contribution in [0.25, 0.3) is 22.9 Å². The standard InChI is InChI=1S/C28H33F2N5O3S.C21H23F2N5O3S/c1-18-3-2-4-23(13-18)35(17-22-8-7-21(16-31-22)27-32-33-28(38-27)26(29)30)39(36,37)24-9-11-34(12-10-24)25-15-19-5-6-20(25)14-19;1-14-3-2-4-17(11-14)28(32(29,30)18-7-9-24-10-8-18)13-16-6-5-15(12-25-16)20-26-27-21(31-20)19(22)23/h2-4,7-8,13,16,19-20,24-26H,5-6,9-12,14-15,17H2,1H3;2-6,11-12,18-19,24H,7-10,13H2,1H3. The normalized spacial score (nSPS) is 20.1. The Balaban J connectivity index is 0.000000180. The van der Waals surface area contributed by atoms with Crippen molar-refractivity contribution in [3.63, 3.8) is 0 Å². The number of aromatic nitrogens is 6. The van der Waals surface area contributed by atoms with Crippen LogP contribution in [0, 0.1) is 25.7 Å². The highest BCUT2D eigenvalue weighted by atomic mass is 32.2. The molecule has 6 aromatic rings. The zero-order chi connectivity index (χ0) is 49.9. The van der Waals surface area contributed by atoms with Gasteiger partial charge in [-0.1, -0.05) is 30.7 Å². The molecule has 2 saturated carbocycles. The number of nitrogens with one attached hydrogen (secondary N) is 1. The molecule has 378 valence electrons. The van der Waals surface area contributed by atoms with Crippen LogP contribution < -0.4 is 13.9 Å². The Morgan fingerprint density at radius 1 is 0.634 bits per heavy atom. The Labute approximate surface area is 410 Å². The fraction of sp³-hybridized carbons (Fsp3) is 0.469. The van der Waals surface area contributed by atoms with Gasteiger partial charge in [-0.05, 0) is 156 Å². The van der Waals surface area contributed by atoms with E-state index in [2.05, 4.69) is 40.6 Å². The molecule has 2 aliphatic carbocycles. The molecule has 22 heteroatoms. The molecule has 3 atom stereocenters. The molecule has 16 nitrogen and oxygen atoms in total. The summed E-state index contributed by atoms with van der Waals surface area (Å²) >= 11 is 0. The Bertz CT molecular complexity index is 2970. The van der Waals surface area contributed by atoms with E-state index in [0.717, 1.165) is 36.1 Å². The number of fused-ring (bicyclic) bond motifs is 2. The Kier molecular flexibility index (Phi) is 15.2. The lowest BCUT2D eigenvalue weighted by atomic mass is 9.92. The quantitative estimate of drug-likeness (QED) is 0.0959. The average Bonchev–Trinajstić information content (AvgIpc) is 4.23. The third-order valence-electron chi connectivity index (χ3n) is 14.0. The Morgan fingerprint density at radius 3 is 1.52 bits per heavy atom. The number of hydrogen-bond donors (Lipinski definition) is 1. The number of hydrogen-bond acceptors (Lipinski definition) is 14. The molecule has 2 aromatic carbocycles. The van der Waals surface area contributed by atoms with Crippen molar-refractivity contribution in [1.29, 1.82) is 0 Å². The molecule has 10 rings (SSSR count). The first-order valence-corrected chi connectivity index (χ1v) is 26.9. The number of benzene rings is 2. The smallest absolute Gasteiger partial charge is 0.314 e. The number of aryl methyl sites for hydroxylation is 2. The van der Waals surface area contributed by atoms with Gasteiger partial charge in [-0.15, -0.1) is 20.4 Å². The molecule has 2 bridgehead atoms. The second-order valence-corrected chi connectivity index (χ2v) is 23.1. The van der Waals surface area contributed by atoms with Crippen LogP contribution in [-0.4, -0.2) is 94.8 Å². The highest BCUT2D eigenvalue weighted by Crippen LogP contribution is 2.47. The zero-order valence-electron chi connectivity index (χ0n) is 39.3. The predicted molar refractivity (Wildman–Crippen MR) is 257 cm³/mol. The minimum Gasteiger partial charge on any atom is -0.415 e. The van der Waals surface area contributed by atoms with E-state index < -0.39 is 55.2 Å². The molecule has 3 unspecified atom stereocenters. The molecule has 6 heterocycles. The van der Waals surface area contributed by atoms with E-state index in [9.17, 15) is 34.4 Å². The summed E-state index contributed by atoms with van der Waals surface area (Å²) in [4.78, 5) is 11.3. The van der Waals surface area contributed by atoms with Crippen LogP contribution in [0.4, 0.5) is 28.9 Å². The van der Waals surface area contributed by atoms with E-state index in [0.29, 0.717) is 78.7 Å². The van der Waals surface area contributed by atoms with Crippen LogP contribution in [0.3, 0.4) is 0 Å². The maximum atomic E-state index is 14.1. The van der Waals surface area contributed by atoms with Crippen LogP contribution in [0.5, 0.6) is 0 Å². The van der Waals surface area contributed by atoms with Crippen LogP contribution in [0.2, 0.25) is 0 Å². The van der Waals surface area contributed by atoms with Crippen molar-refractivity contribution in [3.05, 3.63) is 119 Å². The fourth-order valence-corrected chi connectivity index (χ4v) is 14.1. The van der Waals surface area contributed by atoms with Gasteiger partial charge in [-0.2, -0.15) is 17.6 Å². The van der Waals surface area contributed by atoms with Crippen molar-refractivity contribution in [3.8, 4) is 22.9 Å². The number of pyridine rings is 2. The van der Waals surface area contributed by atoms with E-state index >= 15 is 0 Å². The van der Waals surface area contributed by atoms with Crippen LogP contribution in [-0.2, 0) is 33.1 Å². The fourth-order valence-electron chi connectivity index (χ4n) is 10.3. The maximum absolute atomic E-state index is 14.1. The first-order chi connectivity index (χ1) is 34.1. The number of alkyl halides is 4. The SMILES string of the molecule is Cc1cccc(N(Cc2ccc(-c3nnc(C(F)F)o3)cn2)S(=O)(=O)C2CCN(C3CC4CCC3C4)CC2)c1.Cc1cccc(N(Cc2ccc(-c3nnc(C(F)F)o3)cn2)S(=O)(=O)C2CCNCC2)c1. The number of rotatable bonds is 15. The van der Waals surface area contributed by atoms with Gasteiger partial charge in [0, 0.05) is 18.4 Å². The summed E-state index contributed by atoms with van der Waals surface area (Å²) in [6.45, 7) is 6.89. The number of halogens is 4. The molecule has 4 aliphatic rings. The molecule has 0 radical (unpaired) electrons. The lowest BCUT2D eigenvalue weighted by Gasteiger charge is -2.40. The third kappa shape index (κ3) is 11.4. The van der Waals surface area contributed by atoms with Gasteiger partial charge in [-0.3, -0.25) is 18.6 Å². The molecule has 2 aliphatic heterocycles. The van der Waals surface area contributed by atoms with Gasteiger partial charge in [0.25, 0.3) is 11.8 Å². The predicted octanol–water partition coefficient (Wildman–Crippen LogP) is 8.83. The molecule has 0 spiro atoms. The minimum absolute atomic E-state index is 0.0438. The summed E-state index contributed by atoms with van der Waals surface area (Å²) in [6.07, 6.45) is 4.75. The Hall–Kier alpha value is -5.84. The minimum atomic E-state index is -3.68. The van der Waals surface area contributed by atoms with Gasteiger partial charge < -0.3 is 19.1 Å². The van der Waals surface area contributed by atoms with Gasteiger partial charge in [0.15, 0.2) is 0 Å². The van der Waals surface area contributed by atoms with Crippen molar-refractivity contribution in [2.45, 2.75) is 108 Å². The van der Waals surface area contributed by atoms with Crippen molar-refractivity contribution in [2.75, 3.05) is 34.8 Å².